The van der Waals surface area contributed by atoms with E-state index in [2.05, 4.69) is 4.98 Å². The lowest BCUT2D eigenvalue weighted by Gasteiger charge is -2.11. The Bertz CT molecular complexity index is 861. The van der Waals surface area contributed by atoms with Crippen molar-refractivity contribution in [2.75, 3.05) is 19.6 Å². The smallest absolute Gasteiger partial charge is 0.338 e. The summed E-state index contributed by atoms with van der Waals surface area (Å²) >= 11 is 5.63. The summed E-state index contributed by atoms with van der Waals surface area (Å²) in [4.78, 5) is 15.9. The van der Waals surface area contributed by atoms with Gasteiger partial charge in [0, 0.05) is 11.9 Å². The Morgan fingerprint density at radius 1 is 1.20 bits per heavy atom. The number of hydrogen-bond donors (Lipinski definition) is 0. The minimum absolute atomic E-state index is 0.395. The Morgan fingerprint density at radius 2 is 1.96 bits per heavy atom. The zero-order chi connectivity index (χ0) is 17.6. The fourth-order valence-corrected chi connectivity index (χ4v) is 2.39. The van der Waals surface area contributed by atoms with E-state index in [1.165, 1.54) is 7.11 Å². The predicted octanol–water partition coefficient (Wildman–Crippen LogP) is 3.92. The Balaban J connectivity index is 1.82. The van der Waals surface area contributed by atoms with Gasteiger partial charge in [0.25, 0.3) is 0 Å². The van der Waals surface area contributed by atoms with Crippen LogP contribution in [0, 0.1) is 0 Å². The molecule has 0 N–H and O–H groups in total. The Kier molecular flexibility index (Phi) is 5.40. The Morgan fingerprint density at radius 3 is 2.68 bits per heavy atom. The molecule has 0 bridgehead atoms. The second-order valence-corrected chi connectivity index (χ2v) is 5.60. The fraction of sp³-hybridized carbons (Fsp3) is 0.222. The first-order valence-corrected chi connectivity index (χ1v) is 8.26. The molecular weight excluding hydrogens is 344 g/mol. The normalized spacial score (nSPS) is 10.6. The molecule has 3 aromatic rings. The van der Waals surface area contributed by atoms with Crippen molar-refractivity contribution in [3.8, 4) is 17.4 Å². The zero-order valence-corrected chi connectivity index (χ0v) is 14.4. The first kappa shape index (κ1) is 17.1. The van der Waals surface area contributed by atoms with E-state index in [9.17, 15) is 4.79 Å². The third kappa shape index (κ3) is 4.03. The number of esters is 1. The van der Waals surface area contributed by atoms with Gasteiger partial charge in [0.2, 0.25) is 5.88 Å². The minimum Gasteiger partial charge on any atom is -0.494 e. The summed E-state index contributed by atoms with van der Waals surface area (Å²) in [6, 6.07) is 10.5. The number of pyridine rings is 1. The largest absolute Gasteiger partial charge is 0.494 e. The quantitative estimate of drug-likeness (QED) is 0.363. The first-order valence-electron chi connectivity index (χ1n) is 7.72. The standard InChI is InChI=1S/C18H17ClN2O4/c1-23-18(22)13-9-14-11-20-12-21(14)17(10-13)25-16-5-3-15(4-6-16)24-8-2-7-19/h3-6,9-12H,2,7-8H2,1H3. The number of rotatable bonds is 7. The van der Waals surface area contributed by atoms with Crippen LogP contribution in [0.15, 0.2) is 48.9 Å². The Labute approximate surface area is 149 Å². The topological polar surface area (TPSA) is 62.1 Å². The number of alkyl halides is 1. The number of fused-ring (bicyclic) bond motifs is 1. The lowest BCUT2D eigenvalue weighted by Crippen LogP contribution is -2.03. The molecule has 130 valence electrons. The molecule has 0 unspecified atom stereocenters. The number of halogens is 1. The maximum atomic E-state index is 11.8. The van der Waals surface area contributed by atoms with E-state index in [1.807, 2.05) is 12.1 Å². The van der Waals surface area contributed by atoms with Gasteiger partial charge in [-0.05, 0) is 36.8 Å². The molecule has 0 fully saturated rings. The molecule has 1 aromatic carbocycles. The molecule has 0 amide bonds. The van der Waals surface area contributed by atoms with Crippen LogP contribution in [-0.2, 0) is 4.74 Å². The highest BCUT2D eigenvalue weighted by molar-refractivity contribution is 6.17. The van der Waals surface area contributed by atoms with Crippen molar-refractivity contribution in [2.24, 2.45) is 0 Å². The van der Waals surface area contributed by atoms with Gasteiger partial charge in [0.15, 0.2) is 0 Å². The molecule has 2 aromatic heterocycles. The molecule has 0 spiro atoms. The summed E-state index contributed by atoms with van der Waals surface area (Å²) in [5.41, 5.74) is 1.13. The maximum absolute atomic E-state index is 11.8. The molecule has 3 rings (SSSR count). The van der Waals surface area contributed by atoms with Crippen molar-refractivity contribution in [3.63, 3.8) is 0 Å². The van der Waals surface area contributed by atoms with Gasteiger partial charge in [-0.15, -0.1) is 11.6 Å². The average molecular weight is 361 g/mol. The predicted molar refractivity (Wildman–Crippen MR) is 93.9 cm³/mol. The fourth-order valence-electron chi connectivity index (χ4n) is 2.28. The summed E-state index contributed by atoms with van der Waals surface area (Å²) in [7, 11) is 1.34. The van der Waals surface area contributed by atoms with Gasteiger partial charge in [0.1, 0.15) is 17.8 Å². The van der Waals surface area contributed by atoms with Gasteiger partial charge in [-0.2, -0.15) is 0 Å². The van der Waals surface area contributed by atoms with Crippen LogP contribution in [0.25, 0.3) is 5.52 Å². The number of carbonyl (C=O) groups is 1. The highest BCUT2D eigenvalue weighted by atomic mass is 35.5. The van der Waals surface area contributed by atoms with E-state index in [-0.39, 0.29) is 0 Å². The van der Waals surface area contributed by atoms with Crippen molar-refractivity contribution < 1.29 is 19.0 Å². The monoisotopic (exact) mass is 360 g/mol. The van der Waals surface area contributed by atoms with Crippen LogP contribution in [0.5, 0.6) is 17.4 Å². The second-order valence-electron chi connectivity index (χ2n) is 5.23. The maximum Gasteiger partial charge on any atom is 0.338 e. The van der Waals surface area contributed by atoms with Gasteiger partial charge in [-0.1, -0.05) is 0 Å². The second kappa shape index (κ2) is 7.90. The van der Waals surface area contributed by atoms with E-state index in [1.54, 1.807) is 41.2 Å². The molecule has 0 aliphatic heterocycles. The number of aromatic nitrogens is 2. The van der Waals surface area contributed by atoms with Crippen molar-refractivity contribution in [1.29, 1.82) is 0 Å². The molecule has 6 nitrogen and oxygen atoms in total. The summed E-state index contributed by atoms with van der Waals surface area (Å²) in [5, 5.41) is 0. The molecule has 7 heteroatoms. The van der Waals surface area contributed by atoms with Gasteiger partial charge in [-0.25, -0.2) is 9.78 Å². The number of benzene rings is 1. The highest BCUT2D eigenvalue weighted by Crippen LogP contribution is 2.26. The Hall–Kier alpha value is -2.73. The van der Waals surface area contributed by atoms with E-state index < -0.39 is 5.97 Å². The van der Waals surface area contributed by atoms with Crippen LogP contribution < -0.4 is 9.47 Å². The number of methoxy groups -OCH3 is 1. The van der Waals surface area contributed by atoms with Gasteiger partial charge in [-0.3, -0.25) is 4.40 Å². The van der Waals surface area contributed by atoms with E-state index in [0.29, 0.717) is 29.7 Å². The van der Waals surface area contributed by atoms with Crippen molar-refractivity contribution >= 4 is 23.1 Å². The van der Waals surface area contributed by atoms with Gasteiger partial charge in [0.05, 0.1) is 31.0 Å². The molecule has 0 saturated heterocycles. The van der Waals surface area contributed by atoms with Crippen molar-refractivity contribution in [3.05, 3.63) is 54.5 Å². The average Bonchev–Trinajstić information content (AvgIpc) is 3.11. The minimum atomic E-state index is -0.434. The number of nitrogens with zero attached hydrogens (tertiary/aromatic N) is 2. The number of hydrogen-bond acceptors (Lipinski definition) is 5. The molecule has 0 saturated carbocycles. The van der Waals surface area contributed by atoms with Crippen molar-refractivity contribution in [2.45, 2.75) is 6.42 Å². The molecule has 2 heterocycles. The van der Waals surface area contributed by atoms with E-state index >= 15 is 0 Å². The van der Waals surface area contributed by atoms with Crippen LogP contribution in [0.1, 0.15) is 16.8 Å². The van der Waals surface area contributed by atoms with Crippen LogP contribution >= 0.6 is 11.6 Å². The SMILES string of the molecule is COC(=O)c1cc(Oc2ccc(OCCCCl)cc2)n2cncc2c1. The van der Waals surface area contributed by atoms with Gasteiger partial charge >= 0.3 is 5.97 Å². The molecular formula is C18H17ClN2O4. The lowest BCUT2D eigenvalue weighted by molar-refractivity contribution is 0.0600. The van der Waals surface area contributed by atoms with Crippen LogP contribution in [-0.4, -0.2) is 35.0 Å². The third-order valence-corrected chi connectivity index (χ3v) is 3.77. The first-order chi connectivity index (χ1) is 12.2. The summed E-state index contributed by atoms with van der Waals surface area (Å²) < 4.78 is 18.0. The number of imidazole rings is 1. The zero-order valence-electron chi connectivity index (χ0n) is 13.6. The van der Waals surface area contributed by atoms with Crippen LogP contribution in [0.4, 0.5) is 0 Å². The van der Waals surface area contributed by atoms with Gasteiger partial charge < -0.3 is 14.2 Å². The lowest BCUT2D eigenvalue weighted by atomic mass is 10.2. The number of ether oxygens (including phenoxy) is 3. The summed E-state index contributed by atoms with van der Waals surface area (Å²) in [6.45, 7) is 0.570. The van der Waals surface area contributed by atoms with E-state index in [4.69, 9.17) is 25.8 Å². The van der Waals surface area contributed by atoms with Crippen LogP contribution in [0.2, 0.25) is 0 Å². The molecule has 0 aliphatic carbocycles. The molecule has 0 aliphatic rings. The molecule has 25 heavy (non-hydrogen) atoms. The number of carbonyl (C=O) groups excluding carboxylic acids is 1. The van der Waals surface area contributed by atoms with Crippen LogP contribution in [0.3, 0.4) is 0 Å². The summed E-state index contributed by atoms with van der Waals surface area (Å²) in [5.74, 6) is 1.96. The third-order valence-electron chi connectivity index (χ3n) is 3.50. The highest BCUT2D eigenvalue weighted by Gasteiger charge is 2.12. The molecule has 0 atom stereocenters. The molecule has 0 radical (unpaired) electrons. The van der Waals surface area contributed by atoms with Crippen molar-refractivity contribution in [1.82, 2.24) is 9.38 Å². The van der Waals surface area contributed by atoms with E-state index in [0.717, 1.165) is 17.7 Å². The summed E-state index contributed by atoms with van der Waals surface area (Å²) in [6.07, 6.45) is 4.06.